The first-order valence-electron chi connectivity index (χ1n) is 9.08. The molecule has 1 amide bonds. The first kappa shape index (κ1) is 18.9. The number of ether oxygens (including phenoxy) is 2. The molecule has 140 valence electrons. The van der Waals surface area contributed by atoms with Gasteiger partial charge in [-0.1, -0.05) is 30.3 Å². The Kier molecular flexibility index (Phi) is 5.48. The van der Waals surface area contributed by atoms with Crippen molar-refractivity contribution in [1.82, 2.24) is 5.32 Å². The fourth-order valence-corrected chi connectivity index (χ4v) is 3.23. The van der Waals surface area contributed by atoms with Crippen molar-refractivity contribution in [2.24, 2.45) is 0 Å². The van der Waals surface area contributed by atoms with Gasteiger partial charge in [-0.2, -0.15) is 5.26 Å². The van der Waals surface area contributed by atoms with E-state index in [-0.39, 0.29) is 6.10 Å². The molecule has 1 heterocycles. The fourth-order valence-electron chi connectivity index (χ4n) is 3.23. The predicted molar refractivity (Wildman–Crippen MR) is 103 cm³/mol. The SMILES string of the molecule is CC(C)(C)OC(=O)NC[C@H]1OCCc2c(-c3ccc(C#N)cc3)cccc21. The number of fused-ring (bicyclic) bond motifs is 1. The molecule has 3 rings (SSSR count). The molecule has 2 aromatic carbocycles. The van der Waals surface area contributed by atoms with Crippen LogP contribution in [0.5, 0.6) is 0 Å². The third kappa shape index (κ3) is 4.66. The lowest BCUT2D eigenvalue weighted by Gasteiger charge is -2.28. The zero-order chi connectivity index (χ0) is 19.4. The van der Waals surface area contributed by atoms with Gasteiger partial charge in [0.2, 0.25) is 0 Å². The minimum Gasteiger partial charge on any atom is -0.444 e. The Morgan fingerprint density at radius 2 is 2.00 bits per heavy atom. The normalized spacial score (nSPS) is 16.1. The van der Waals surface area contributed by atoms with Crippen LogP contribution >= 0.6 is 0 Å². The Hall–Kier alpha value is -2.84. The minimum atomic E-state index is -0.530. The maximum atomic E-state index is 11.9. The number of carbonyl (C=O) groups excluding carboxylic acids is 1. The summed E-state index contributed by atoms with van der Waals surface area (Å²) >= 11 is 0. The van der Waals surface area contributed by atoms with Crippen LogP contribution in [0.25, 0.3) is 11.1 Å². The van der Waals surface area contributed by atoms with Gasteiger partial charge in [-0.15, -0.1) is 0 Å². The number of benzene rings is 2. The smallest absolute Gasteiger partial charge is 0.407 e. The molecule has 0 fully saturated rings. The Balaban J connectivity index is 1.80. The van der Waals surface area contributed by atoms with E-state index in [2.05, 4.69) is 17.5 Å². The third-order valence-corrected chi connectivity index (χ3v) is 4.39. The number of hydrogen-bond donors (Lipinski definition) is 1. The van der Waals surface area contributed by atoms with E-state index in [1.54, 1.807) is 0 Å². The molecule has 1 N–H and O–H groups in total. The first-order chi connectivity index (χ1) is 12.9. The third-order valence-electron chi connectivity index (χ3n) is 4.39. The van der Waals surface area contributed by atoms with Gasteiger partial charge < -0.3 is 14.8 Å². The number of nitriles is 1. The standard InChI is InChI=1S/C22H24N2O3/c1-22(2,3)27-21(25)24-14-20-19-6-4-5-17(18(19)11-12-26-20)16-9-7-15(13-23)8-10-16/h4-10,20H,11-12,14H2,1-3H3,(H,24,25)/t20-/m1/s1. The maximum Gasteiger partial charge on any atom is 0.407 e. The van der Waals surface area contributed by atoms with Crippen LogP contribution in [0.15, 0.2) is 42.5 Å². The number of hydrogen-bond acceptors (Lipinski definition) is 4. The van der Waals surface area contributed by atoms with E-state index >= 15 is 0 Å². The lowest BCUT2D eigenvalue weighted by atomic mass is 9.89. The average molecular weight is 364 g/mol. The molecule has 0 spiro atoms. The molecule has 1 aliphatic heterocycles. The van der Waals surface area contributed by atoms with Gasteiger partial charge in [-0.3, -0.25) is 0 Å². The second-order valence-electron chi connectivity index (χ2n) is 7.55. The van der Waals surface area contributed by atoms with Gasteiger partial charge in [0, 0.05) is 0 Å². The van der Waals surface area contributed by atoms with E-state index in [1.807, 2.05) is 57.2 Å². The summed E-state index contributed by atoms with van der Waals surface area (Å²) in [6, 6.07) is 15.9. The largest absolute Gasteiger partial charge is 0.444 e. The highest BCUT2D eigenvalue weighted by molar-refractivity contribution is 5.70. The minimum absolute atomic E-state index is 0.209. The number of alkyl carbamates (subject to hydrolysis) is 1. The van der Waals surface area contributed by atoms with Gasteiger partial charge >= 0.3 is 6.09 Å². The van der Waals surface area contributed by atoms with Crippen LogP contribution < -0.4 is 5.32 Å². The molecule has 5 heteroatoms. The Bertz CT molecular complexity index is 861. The van der Waals surface area contributed by atoms with Crippen LogP contribution in [0, 0.1) is 11.3 Å². The van der Waals surface area contributed by atoms with Crippen molar-refractivity contribution in [3.63, 3.8) is 0 Å². The lowest BCUT2D eigenvalue weighted by Crippen LogP contribution is -2.36. The van der Waals surface area contributed by atoms with Crippen molar-refractivity contribution in [2.75, 3.05) is 13.2 Å². The molecule has 0 unspecified atom stereocenters. The monoisotopic (exact) mass is 364 g/mol. The highest BCUT2D eigenvalue weighted by Gasteiger charge is 2.25. The quantitative estimate of drug-likeness (QED) is 0.878. The summed E-state index contributed by atoms with van der Waals surface area (Å²) in [5.74, 6) is 0. The van der Waals surface area contributed by atoms with Crippen molar-refractivity contribution in [2.45, 2.75) is 38.9 Å². The number of amides is 1. The zero-order valence-electron chi connectivity index (χ0n) is 15.9. The number of rotatable bonds is 3. The van der Waals surface area contributed by atoms with Crippen molar-refractivity contribution < 1.29 is 14.3 Å². The molecular formula is C22H24N2O3. The lowest BCUT2D eigenvalue weighted by molar-refractivity contribution is 0.0290. The first-order valence-corrected chi connectivity index (χ1v) is 9.08. The molecule has 0 aliphatic carbocycles. The summed E-state index contributed by atoms with van der Waals surface area (Å²) in [5, 5.41) is 11.8. The summed E-state index contributed by atoms with van der Waals surface area (Å²) in [5.41, 5.74) is 4.64. The second-order valence-corrected chi connectivity index (χ2v) is 7.55. The average Bonchev–Trinajstić information content (AvgIpc) is 2.64. The molecule has 0 saturated heterocycles. The number of carbonyl (C=O) groups is 1. The van der Waals surface area contributed by atoms with Crippen molar-refractivity contribution in [3.05, 3.63) is 59.2 Å². The molecule has 27 heavy (non-hydrogen) atoms. The predicted octanol–water partition coefficient (Wildman–Crippen LogP) is 4.36. The summed E-state index contributed by atoms with van der Waals surface area (Å²) in [4.78, 5) is 11.9. The van der Waals surface area contributed by atoms with E-state index in [9.17, 15) is 4.79 Å². The molecular weight excluding hydrogens is 340 g/mol. The van der Waals surface area contributed by atoms with E-state index in [1.165, 1.54) is 5.56 Å². The van der Waals surface area contributed by atoms with Crippen molar-refractivity contribution in [3.8, 4) is 17.2 Å². The highest BCUT2D eigenvalue weighted by atomic mass is 16.6. The molecule has 0 bridgehead atoms. The molecule has 0 aromatic heterocycles. The van der Waals surface area contributed by atoms with Crippen LogP contribution in [-0.2, 0) is 15.9 Å². The van der Waals surface area contributed by atoms with Crippen LogP contribution in [0.3, 0.4) is 0 Å². The molecule has 1 aliphatic rings. The topological polar surface area (TPSA) is 71.3 Å². The van der Waals surface area contributed by atoms with Crippen LogP contribution in [0.1, 0.15) is 43.6 Å². The van der Waals surface area contributed by atoms with Crippen LogP contribution in [0.4, 0.5) is 4.79 Å². The Labute approximate surface area is 159 Å². The second kappa shape index (κ2) is 7.81. The van der Waals surface area contributed by atoms with Gasteiger partial charge in [0.1, 0.15) is 11.7 Å². The molecule has 1 atom stereocenters. The summed E-state index contributed by atoms with van der Waals surface area (Å²) in [6.07, 6.45) is 0.162. The number of nitrogens with one attached hydrogen (secondary N) is 1. The Morgan fingerprint density at radius 1 is 1.26 bits per heavy atom. The molecule has 2 aromatic rings. The van der Waals surface area contributed by atoms with Crippen molar-refractivity contribution in [1.29, 1.82) is 5.26 Å². The van der Waals surface area contributed by atoms with Gasteiger partial charge in [-0.05, 0) is 61.6 Å². The van der Waals surface area contributed by atoms with E-state index < -0.39 is 11.7 Å². The van der Waals surface area contributed by atoms with Gasteiger partial charge in [0.05, 0.1) is 24.8 Å². The Morgan fingerprint density at radius 3 is 2.67 bits per heavy atom. The molecule has 0 saturated carbocycles. The zero-order valence-corrected chi connectivity index (χ0v) is 15.9. The van der Waals surface area contributed by atoms with E-state index in [0.717, 1.165) is 23.1 Å². The van der Waals surface area contributed by atoms with E-state index in [0.29, 0.717) is 18.7 Å². The maximum absolute atomic E-state index is 11.9. The number of nitrogens with zero attached hydrogens (tertiary/aromatic N) is 1. The van der Waals surface area contributed by atoms with E-state index in [4.69, 9.17) is 14.7 Å². The van der Waals surface area contributed by atoms with Gasteiger partial charge in [0.15, 0.2) is 0 Å². The van der Waals surface area contributed by atoms with Crippen LogP contribution in [0.2, 0.25) is 0 Å². The highest BCUT2D eigenvalue weighted by Crippen LogP contribution is 2.34. The van der Waals surface area contributed by atoms with Gasteiger partial charge in [0.25, 0.3) is 0 Å². The summed E-state index contributed by atoms with van der Waals surface area (Å²) in [7, 11) is 0. The molecule has 5 nitrogen and oxygen atoms in total. The van der Waals surface area contributed by atoms with Crippen LogP contribution in [-0.4, -0.2) is 24.8 Å². The molecule has 0 radical (unpaired) electrons. The summed E-state index contributed by atoms with van der Waals surface area (Å²) < 4.78 is 11.2. The van der Waals surface area contributed by atoms with Gasteiger partial charge in [-0.25, -0.2) is 4.79 Å². The summed E-state index contributed by atoms with van der Waals surface area (Å²) in [6.45, 7) is 6.47. The van der Waals surface area contributed by atoms with Crippen molar-refractivity contribution >= 4 is 6.09 Å². The fraction of sp³-hybridized carbons (Fsp3) is 0.364.